The lowest BCUT2D eigenvalue weighted by Gasteiger charge is -2.37. The number of piperazine rings is 1. The van der Waals surface area contributed by atoms with Crippen LogP contribution in [0.25, 0.3) is 0 Å². The first-order valence-electron chi connectivity index (χ1n) is 7.70. The molecule has 3 N–H and O–H groups in total. The summed E-state index contributed by atoms with van der Waals surface area (Å²) in [6.07, 6.45) is 2.81. The van der Waals surface area contributed by atoms with Crippen molar-refractivity contribution in [3.63, 3.8) is 0 Å². The zero-order valence-corrected chi connectivity index (χ0v) is 12.7. The molecule has 21 heavy (non-hydrogen) atoms. The van der Waals surface area contributed by atoms with Crippen LogP contribution in [0.4, 0.5) is 5.69 Å². The van der Waals surface area contributed by atoms with E-state index in [1.807, 2.05) is 23.1 Å². The van der Waals surface area contributed by atoms with Gasteiger partial charge in [0, 0.05) is 26.2 Å². The predicted molar refractivity (Wildman–Crippen MR) is 84.4 cm³/mol. The molecule has 0 radical (unpaired) electrons. The average molecular weight is 291 g/mol. The van der Waals surface area contributed by atoms with Crippen LogP contribution >= 0.6 is 0 Å². The lowest BCUT2D eigenvalue weighted by Crippen LogP contribution is -2.53. The molecule has 1 aliphatic heterocycles. The number of para-hydroxylation sites is 2. The molecule has 116 valence electrons. The molecule has 1 aromatic rings. The Hall–Kier alpha value is -1.75. The molecule has 0 spiro atoms. The van der Waals surface area contributed by atoms with E-state index in [9.17, 15) is 9.90 Å². The number of carbonyl (C=O) groups excluding carboxylic acids is 1. The van der Waals surface area contributed by atoms with E-state index in [1.165, 1.54) is 0 Å². The average Bonchev–Trinajstić information content (AvgIpc) is 2.52. The molecular weight excluding hydrogens is 266 g/mol. The van der Waals surface area contributed by atoms with Gasteiger partial charge >= 0.3 is 0 Å². The highest BCUT2D eigenvalue weighted by molar-refractivity contribution is 5.82. The van der Waals surface area contributed by atoms with Crippen LogP contribution in [0, 0.1) is 0 Å². The van der Waals surface area contributed by atoms with E-state index in [0.717, 1.165) is 38.0 Å². The van der Waals surface area contributed by atoms with Gasteiger partial charge in [-0.05, 0) is 18.6 Å². The summed E-state index contributed by atoms with van der Waals surface area (Å²) >= 11 is 0. The third kappa shape index (κ3) is 3.88. The summed E-state index contributed by atoms with van der Waals surface area (Å²) in [6, 6.07) is 6.94. The summed E-state index contributed by atoms with van der Waals surface area (Å²) in [5.74, 6) is 0.345. The van der Waals surface area contributed by atoms with E-state index < -0.39 is 0 Å². The maximum absolute atomic E-state index is 12.2. The fourth-order valence-corrected chi connectivity index (χ4v) is 2.68. The Labute approximate surface area is 126 Å². The van der Waals surface area contributed by atoms with Gasteiger partial charge in [-0.3, -0.25) is 4.79 Å². The highest BCUT2D eigenvalue weighted by Crippen LogP contribution is 2.27. The number of phenolic OH excluding ortho intramolecular Hbond substituents is 1. The molecule has 0 aliphatic carbocycles. The summed E-state index contributed by atoms with van der Waals surface area (Å²) in [5, 5.41) is 9.88. The lowest BCUT2D eigenvalue weighted by atomic mass is 10.1. The van der Waals surface area contributed by atoms with Crippen molar-refractivity contribution in [2.75, 3.05) is 31.1 Å². The number of benzene rings is 1. The second-order valence-corrected chi connectivity index (χ2v) is 5.55. The fraction of sp³-hybridized carbons (Fsp3) is 0.562. The first kappa shape index (κ1) is 15.6. The third-order valence-corrected chi connectivity index (χ3v) is 4.00. The number of hydrogen-bond acceptors (Lipinski definition) is 4. The summed E-state index contributed by atoms with van der Waals surface area (Å²) < 4.78 is 0. The van der Waals surface area contributed by atoms with Gasteiger partial charge in [0.1, 0.15) is 5.75 Å². The lowest BCUT2D eigenvalue weighted by molar-refractivity contribution is -0.133. The maximum Gasteiger partial charge on any atom is 0.239 e. The van der Waals surface area contributed by atoms with Crippen molar-refractivity contribution in [2.45, 2.75) is 32.2 Å². The Morgan fingerprint density at radius 2 is 1.95 bits per heavy atom. The highest BCUT2D eigenvalue weighted by Gasteiger charge is 2.25. The minimum atomic E-state index is -0.373. The topological polar surface area (TPSA) is 69.8 Å². The van der Waals surface area contributed by atoms with Gasteiger partial charge in [0.25, 0.3) is 0 Å². The maximum atomic E-state index is 12.2. The molecule has 1 atom stereocenters. The number of carbonyl (C=O) groups is 1. The van der Waals surface area contributed by atoms with E-state index in [2.05, 4.69) is 11.8 Å². The second kappa shape index (κ2) is 7.31. The van der Waals surface area contributed by atoms with Gasteiger partial charge in [-0.25, -0.2) is 0 Å². The Kier molecular flexibility index (Phi) is 5.44. The minimum absolute atomic E-state index is 0.0559. The predicted octanol–water partition coefficient (Wildman–Crippen LogP) is 1.56. The van der Waals surface area contributed by atoms with Crippen LogP contribution in [0.1, 0.15) is 26.2 Å². The van der Waals surface area contributed by atoms with Crippen molar-refractivity contribution < 1.29 is 9.90 Å². The smallest absolute Gasteiger partial charge is 0.239 e. The van der Waals surface area contributed by atoms with Crippen molar-refractivity contribution >= 4 is 11.6 Å². The normalized spacial score (nSPS) is 16.9. The Bertz CT molecular complexity index is 470. The zero-order chi connectivity index (χ0) is 15.2. The number of aromatic hydroxyl groups is 1. The largest absolute Gasteiger partial charge is 0.506 e. The van der Waals surface area contributed by atoms with Crippen LogP contribution in [0.5, 0.6) is 5.75 Å². The van der Waals surface area contributed by atoms with Crippen molar-refractivity contribution in [3.8, 4) is 5.75 Å². The van der Waals surface area contributed by atoms with Crippen LogP contribution < -0.4 is 10.6 Å². The minimum Gasteiger partial charge on any atom is -0.506 e. The van der Waals surface area contributed by atoms with Gasteiger partial charge in [0.2, 0.25) is 5.91 Å². The molecule has 1 amide bonds. The molecule has 5 heteroatoms. The van der Waals surface area contributed by atoms with E-state index in [4.69, 9.17) is 5.73 Å². The Balaban J connectivity index is 1.88. The van der Waals surface area contributed by atoms with Crippen molar-refractivity contribution in [1.82, 2.24) is 4.90 Å². The van der Waals surface area contributed by atoms with E-state index in [0.29, 0.717) is 13.1 Å². The molecular formula is C16H25N3O2. The van der Waals surface area contributed by atoms with Crippen LogP contribution in [0.3, 0.4) is 0 Å². The third-order valence-electron chi connectivity index (χ3n) is 4.00. The monoisotopic (exact) mass is 291 g/mol. The van der Waals surface area contributed by atoms with Crippen molar-refractivity contribution in [1.29, 1.82) is 0 Å². The Morgan fingerprint density at radius 3 is 2.57 bits per heavy atom. The van der Waals surface area contributed by atoms with Gasteiger partial charge in [-0.1, -0.05) is 31.9 Å². The number of unbranched alkanes of at least 4 members (excludes halogenated alkanes) is 1. The van der Waals surface area contributed by atoms with Crippen molar-refractivity contribution in [3.05, 3.63) is 24.3 Å². The highest BCUT2D eigenvalue weighted by atomic mass is 16.3. The first-order chi connectivity index (χ1) is 10.1. The molecule has 1 heterocycles. The van der Waals surface area contributed by atoms with Crippen LogP contribution in [-0.2, 0) is 4.79 Å². The van der Waals surface area contributed by atoms with E-state index in [-0.39, 0.29) is 17.7 Å². The summed E-state index contributed by atoms with van der Waals surface area (Å²) in [4.78, 5) is 16.2. The molecule has 2 rings (SSSR count). The van der Waals surface area contributed by atoms with Gasteiger partial charge in [-0.15, -0.1) is 0 Å². The molecule has 5 nitrogen and oxygen atoms in total. The quantitative estimate of drug-likeness (QED) is 0.864. The number of anilines is 1. The number of nitrogens with zero attached hydrogens (tertiary/aromatic N) is 2. The van der Waals surface area contributed by atoms with Crippen LogP contribution in [-0.4, -0.2) is 48.1 Å². The van der Waals surface area contributed by atoms with Crippen molar-refractivity contribution in [2.24, 2.45) is 5.73 Å². The molecule has 0 aromatic heterocycles. The molecule has 0 bridgehead atoms. The number of hydrogen-bond donors (Lipinski definition) is 2. The molecule has 0 saturated carbocycles. The summed E-state index contributed by atoms with van der Waals surface area (Å²) in [5.41, 5.74) is 6.79. The molecule has 1 unspecified atom stereocenters. The first-order valence-corrected chi connectivity index (χ1v) is 7.70. The Morgan fingerprint density at radius 1 is 1.29 bits per heavy atom. The van der Waals surface area contributed by atoms with Gasteiger partial charge in [0.15, 0.2) is 0 Å². The van der Waals surface area contributed by atoms with Gasteiger partial charge in [0.05, 0.1) is 11.7 Å². The van der Waals surface area contributed by atoms with Gasteiger partial charge < -0.3 is 20.6 Å². The molecule has 1 aliphatic rings. The summed E-state index contributed by atoms with van der Waals surface area (Å²) in [6.45, 7) is 4.87. The fourth-order valence-electron chi connectivity index (χ4n) is 2.68. The molecule has 1 saturated heterocycles. The zero-order valence-electron chi connectivity index (χ0n) is 12.7. The van der Waals surface area contributed by atoms with E-state index in [1.54, 1.807) is 6.07 Å². The molecule has 1 aromatic carbocycles. The van der Waals surface area contributed by atoms with Crippen LogP contribution in [0.15, 0.2) is 24.3 Å². The second-order valence-electron chi connectivity index (χ2n) is 5.55. The number of nitrogens with two attached hydrogens (primary N) is 1. The number of amides is 1. The molecule has 1 fully saturated rings. The number of rotatable bonds is 5. The summed E-state index contributed by atoms with van der Waals surface area (Å²) in [7, 11) is 0. The van der Waals surface area contributed by atoms with Gasteiger partial charge in [-0.2, -0.15) is 0 Å². The van der Waals surface area contributed by atoms with Crippen LogP contribution in [0.2, 0.25) is 0 Å². The van der Waals surface area contributed by atoms with E-state index >= 15 is 0 Å². The standard InChI is InChI=1S/C16H25N3O2/c1-2-3-6-13(17)16(21)19-11-9-18(10-12-19)14-7-4-5-8-15(14)20/h4-5,7-8,13,20H,2-3,6,9-12,17H2,1H3. The SMILES string of the molecule is CCCCC(N)C(=O)N1CCN(c2ccccc2O)CC1. The number of phenols is 1.